The van der Waals surface area contributed by atoms with Gasteiger partial charge in [0.15, 0.2) is 0 Å². The van der Waals surface area contributed by atoms with Gasteiger partial charge in [-0.2, -0.15) is 0 Å². The minimum Gasteiger partial charge on any atom is -0.465 e. The Kier molecular flexibility index (Phi) is 3.89. The maximum Gasteiger partial charge on any atom is 0.337 e. The van der Waals surface area contributed by atoms with Crippen molar-refractivity contribution in [2.45, 2.75) is 32.5 Å². The summed E-state index contributed by atoms with van der Waals surface area (Å²) in [6, 6.07) is 0. The third kappa shape index (κ3) is 3.00. The highest BCUT2D eigenvalue weighted by molar-refractivity contribution is 5.91. The second-order valence-corrected chi connectivity index (χ2v) is 3.47. The van der Waals surface area contributed by atoms with Gasteiger partial charge in [-0.3, -0.25) is 0 Å². The van der Waals surface area contributed by atoms with Crippen LogP contribution in [0, 0.1) is 0 Å². The van der Waals surface area contributed by atoms with Crippen LogP contribution >= 0.6 is 0 Å². The first kappa shape index (κ1) is 11.0. The molecule has 78 valence electrons. The molecule has 1 atom stereocenters. The molecule has 0 aromatic heterocycles. The smallest absolute Gasteiger partial charge is 0.337 e. The average molecular weight is 196 g/mol. The van der Waals surface area contributed by atoms with E-state index < -0.39 is 0 Å². The molecule has 1 rings (SSSR count). The molecule has 0 aromatic carbocycles. The van der Waals surface area contributed by atoms with Crippen LogP contribution in [0.3, 0.4) is 0 Å². The molecule has 3 nitrogen and oxygen atoms in total. The Hall–Kier alpha value is -1.09. The van der Waals surface area contributed by atoms with Gasteiger partial charge in [0, 0.05) is 0 Å². The van der Waals surface area contributed by atoms with Crippen molar-refractivity contribution in [1.29, 1.82) is 0 Å². The fraction of sp³-hybridized carbons (Fsp3) is 0.545. The number of carbonyl (C=O) groups excluding carboxylic acids is 1. The number of methoxy groups -OCH3 is 1. The first-order valence-corrected chi connectivity index (χ1v) is 4.75. The van der Waals surface area contributed by atoms with Gasteiger partial charge in [0.1, 0.15) is 0 Å². The molecule has 14 heavy (non-hydrogen) atoms. The van der Waals surface area contributed by atoms with Crippen molar-refractivity contribution in [1.82, 2.24) is 0 Å². The molecule has 0 saturated heterocycles. The van der Waals surface area contributed by atoms with Gasteiger partial charge in [-0.15, -0.1) is 0 Å². The lowest BCUT2D eigenvalue weighted by Gasteiger charge is -2.18. The zero-order valence-corrected chi connectivity index (χ0v) is 8.82. The molecule has 0 aliphatic heterocycles. The molecule has 0 amide bonds. The fourth-order valence-electron chi connectivity index (χ4n) is 1.32. The molecule has 0 spiro atoms. The van der Waals surface area contributed by atoms with E-state index in [9.17, 15) is 4.79 Å². The first-order chi connectivity index (χ1) is 6.63. The fourth-order valence-corrected chi connectivity index (χ4v) is 1.32. The number of hydrogen-bond acceptors (Lipinski definition) is 3. The summed E-state index contributed by atoms with van der Waals surface area (Å²) in [5.74, 6) is -0.288. The Balaban J connectivity index is 2.49. The number of ether oxygens (including phenoxy) is 2. The molecule has 3 heteroatoms. The van der Waals surface area contributed by atoms with Crippen LogP contribution in [0.5, 0.6) is 0 Å². The van der Waals surface area contributed by atoms with E-state index in [2.05, 4.69) is 4.74 Å². The highest BCUT2D eigenvalue weighted by atomic mass is 16.5. The van der Waals surface area contributed by atoms with Crippen LogP contribution in [0.15, 0.2) is 23.8 Å². The van der Waals surface area contributed by atoms with Crippen molar-refractivity contribution in [3.63, 3.8) is 0 Å². The van der Waals surface area contributed by atoms with E-state index in [0.717, 1.165) is 6.42 Å². The highest BCUT2D eigenvalue weighted by Gasteiger charge is 2.14. The molecule has 1 unspecified atom stereocenters. The maximum atomic E-state index is 11.1. The van der Waals surface area contributed by atoms with Crippen molar-refractivity contribution in [3.8, 4) is 0 Å². The lowest BCUT2D eigenvalue weighted by Crippen LogP contribution is -2.18. The molecule has 0 heterocycles. The quantitative estimate of drug-likeness (QED) is 0.646. The maximum absolute atomic E-state index is 11.1. The van der Waals surface area contributed by atoms with Crippen molar-refractivity contribution < 1.29 is 14.3 Å². The number of esters is 1. The van der Waals surface area contributed by atoms with Gasteiger partial charge in [-0.05, 0) is 26.3 Å². The molecule has 0 aromatic rings. The second kappa shape index (κ2) is 4.96. The minimum atomic E-state index is -0.288. The van der Waals surface area contributed by atoms with E-state index in [1.807, 2.05) is 26.0 Å². The SMILES string of the molecule is COC(=O)C1=CCC(OC(C)C)C=C1. The lowest BCUT2D eigenvalue weighted by molar-refractivity contribution is -0.135. The predicted octanol–water partition coefficient (Wildman–Crippen LogP) is 1.84. The summed E-state index contributed by atoms with van der Waals surface area (Å²) in [6.45, 7) is 3.99. The number of hydrogen-bond donors (Lipinski definition) is 0. The molecule has 1 aliphatic carbocycles. The van der Waals surface area contributed by atoms with Gasteiger partial charge in [0.05, 0.1) is 24.9 Å². The Morgan fingerprint density at radius 3 is 2.71 bits per heavy atom. The van der Waals surface area contributed by atoms with Gasteiger partial charge < -0.3 is 9.47 Å². The van der Waals surface area contributed by atoms with Crippen LogP contribution in [0.2, 0.25) is 0 Å². The molecule has 0 radical (unpaired) electrons. The average Bonchev–Trinajstić information content (AvgIpc) is 2.17. The van der Waals surface area contributed by atoms with Gasteiger partial charge in [0.2, 0.25) is 0 Å². The van der Waals surface area contributed by atoms with Crippen molar-refractivity contribution in [3.05, 3.63) is 23.8 Å². The van der Waals surface area contributed by atoms with Gasteiger partial charge in [-0.1, -0.05) is 12.2 Å². The lowest BCUT2D eigenvalue weighted by atomic mass is 10.1. The highest BCUT2D eigenvalue weighted by Crippen LogP contribution is 2.15. The molecule has 1 aliphatic rings. The van der Waals surface area contributed by atoms with E-state index in [1.165, 1.54) is 7.11 Å². The number of carbonyl (C=O) groups is 1. The van der Waals surface area contributed by atoms with E-state index >= 15 is 0 Å². The standard InChI is InChI=1S/C11H16O3/c1-8(2)14-10-6-4-9(5-7-10)11(12)13-3/h4-6,8,10H,7H2,1-3H3. The van der Waals surface area contributed by atoms with Gasteiger partial charge in [0.25, 0.3) is 0 Å². The van der Waals surface area contributed by atoms with Crippen molar-refractivity contribution >= 4 is 5.97 Å². The van der Waals surface area contributed by atoms with Crippen LogP contribution in [-0.2, 0) is 14.3 Å². The zero-order valence-electron chi connectivity index (χ0n) is 8.82. The first-order valence-electron chi connectivity index (χ1n) is 4.75. The molecule has 0 saturated carbocycles. The summed E-state index contributed by atoms with van der Waals surface area (Å²) < 4.78 is 10.2. The Morgan fingerprint density at radius 1 is 1.57 bits per heavy atom. The minimum absolute atomic E-state index is 0.0865. The van der Waals surface area contributed by atoms with Gasteiger partial charge >= 0.3 is 5.97 Å². The molecule has 0 fully saturated rings. The van der Waals surface area contributed by atoms with Crippen LogP contribution in [-0.4, -0.2) is 25.3 Å². The third-order valence-electron chi connectivity index (χ3n) is 1.93. The van der Waals surface area contributed by atoms with Gasteiger partial charge in [-0.25, -0.2) is 4.79 Å². The van der Waals surface area contributed by atoms with Crippen LogP contribution in [0.1, 0.15) is 20.3 Å². The summed E-state index contributed by atoms with van der Waals surface area (Å²) in [5.41, 5.74) is 0.608. The Morgan fingerprint density at radius 2 is 2.29 bits per heavy atom. The molecule has 0 bridgehead atoms. The summed E-state index contributed by atoms with van der Waals surface area (Å²) >= 11 is 0. The van der Waals surface area contributed by atoms with E-state index in [4.69, 9.17) is 4.74 Å². The molecular weight excluding hydrogens is 180 g/mol. The monoisotopic (exact) mass is 196 g/mol. The van der Waals surface area contributed by atoms with Crippen LogP contribution in [0.25, 0.3) is 0 Å². The Bertz CT molecular complexity index is 264. The Labute approximate surface area is 84.4 Å². The van der Waals surface area contributed by atoms with Crippen LogP contribution in [0.4, 0.5) is 0 Å². The van der Waals surface area contributed by atoms with E-state index in [-0.39, 0.29) is 18.2 Å². The van der Waals surface area contributed by atoms with Crippen molar-refractivity contribution in [2.75, 3.05) is 7.11 Å². The molecule has 0 N–H and O–H groups in total. The number of rotatable bonds is 3. The summed E-state index contributed by atoms with van der Waals surface area (Å²) in [4.78, 5) is 11.1. The van der Waals surface area contributed by atoms with Crippen molar-refractivity contribution in [2.24, 2.45) is 0 Å². The summed E-state index contributed by atoms with van der Waals surface area (Å²) in [6.07, 6.45) is 6.52. The van der Waals surface area contributed by atoms with E-state index in [1.54, 1.807) is 6.08 Å². The second-order valence-electron chi connectivity index (χ2n) is 3.47. The molecular formula is C11H16O3. The third-order valence-corrected chi connectivity index (χ3v) is 1.93. The zero-order chi connectivity index (χ0) is 10.6. The largest absolute Gasteiger partial charge is 0.465 e. The van der Waals surface area contributed by atoms with Crippen LogP contribution < -0.4 is 0 Å². The predicted molar refractivity (Wildman–Crippen MR) is 53.9 cm³/mol. The summed E-state index contributed by atoms with van der Waals surface area (Å²) in [7, 11) is 1.38. The topological polar surface area (TPSA) is 35.5 Å². The van der Waals surface area contributed by atoms with E-state index in [0.29, 0.717) is 5.57 Å². The summed E-state index contributed by atoms with van der Waals surface area (Å²) in [5, 5.41) is 0. The normalized spacial score (nSPS) is 20.9.